The van der Waals surface area contributed by atoms with Crippen molar-refractivity contribution in [3.63, 3.8) is 0 Å². The highest BCUT2D eigenvalue weighted by atomic mass is 79.9. The third-order valence-electron chi connectivity index (χ3n) is 5.01. The molecule has 4 aromatic rings. The van der Waals surface area contributed by atoms with Crippen LogP contribution in [0.4, 0.5) is 0 Å². The molecule has 0 unspecified atom stereocenters. The number of aromatic nitrogens is 4. The molecule has 0 amide bonds. The Hall–Kier alpha value is -3.06. The summed E-state index contributed by atoms with van der Waals surface area (Å²) in [7, 11) is 0. The maximum Gasteiger partial charge on any atom is 0.282 e. The number of hydrogen-bond acceptors (Lipinski definition) is 4. The predicted octanol–water partition coefficient (Wildman–Crippen LogP) is 4.80. The number of benzene rings is 1. The first-order valence-corrected chi connectivity index (χ1v) is 10.6. The zero-order chi connectivity index (χ0) is 21.3. The second kappa shape index (κ2) is 8.36. The molecule has 0 bridgehead atoms. The summed E-state index contributed by atoms with van der Waals surface area (Å²) in [4.78, 5) is 22.3. The fourth-order valence-electron chi connectivity index (χ4n) is 3.58. The molecule has 4 rings (SSSR count). The average Bonchev–Trinajstić information content (AvgIpc) is 3.02. The lowest BCUT2D eigenvalue weighted by Crippen LogP contribution is -2.22. The van der Waals surface area contributed by atoms with E-state index in [4.69, 9.17) is 0 Å². The third-order valence-corrected chi connectivity index (χ3v) is 5.50. The number of hydrogen-bond donors (Lipinski definition) is 0. The van der Waals surface area contributed by atoms with Gasteiger partial charge >= 0.3 is 0 Å². The highest BCUT2D eigenvalue weighted by Crippen LogP contribution is 2.19. The van der Waals surface area contributed by atoms with Gasteiger partial charge in [-0.3, -0.25) is 4.79 Å². The topological polar surface area (TPSA) is 65.1 Å². The van der Waals surface area contributed by atoms with E-state index in [1.165, 1.54) is 4.68 Å². The van der Waals surface area contributed by atoms with E-state index in [2.05, 4.69) is 42.5 Å². The number of fused-ring (bicyclic) bond motifs is 1. The Morgan fingerprint density at radius 1 is 1.17 bits per heavy atom. The molecule has 30 heavy (non-hydrogen) atoms. The van der Waals surface area contributed by atoms with Gasteiger partial charge in [0.25, 0.3) is 5.56 Å². The zero-order valence-electron chi connectivity index (χ0n) is 17.1. The number of halogens is 1. The lowest BCUT2D eigenvalue weighted by Gasteiger charge is -2.09. The van der Waals surface area contributed by atoms with Crippen molar-refractivity contribution in [2.75, 3.05) is 0 Å². The summed E-state index contributed by atoms with van der Waals surface area (Å²) in [6.07, 6.45) is 5.05. The summed E-state index contributed by atoms with van der Waals surface area (Å²) in [5, 5.41) is 5.09. The Balaban J connectivity index is 1.82. The Morgan fingerprint density at radius 2 is 2.00 bits per heavy atom. The van der Waals surface area contributed by atoms with Crippen LogP contribution in [-0.2, 0) is 6.42 Å². The molecule has 0 spiro atoms. The molecular formula is C23H22BrN5O. The second-order valence-corrected chi connectivity index (χ2v) is 8.07. The van der Waals surface area contributed by atoms with Crippen LogP contribution in [0, 0.1) is 13.8 Å². The molecule has 0 aliphatic heterocycles. The molecule has 0 radical (unpaired) electrons. The van der Waals surface area contributed by atoms with Crippen LogP contribution in [-0.4, -0.2) is 25.4 Å². The van der Waals surface area contributed by atoms with Crippen molar-refractivity contribution < 1.29 is 0 Å². The molecule has 0 fully saturated rings. The number of aryl methyl sites for hydroxylation is 2. The minimum Gasteiger partial charge on any atom is -0.303 e. The molecule has 152 valence electrons. The first kappa shape index (κ1) is 20.2. The summed E-state index contributed by atoms with van der Waals surface area (Å²) in [5.41, 5.74) is 3.51. The van der Waals surface area contributed by atoms with Crippen molar-refractivity contribution in [1.82, 2.24) is 19.2 Å². The van der Waals surface area contributed by atoms with Crippen molar-refractivity contribution in [1.29, 1.82) is 0 Å². The predicted molar refractivity (Wildman–Crippen MR) is 124 cm³/mol. The molecule has 0 saturated heterocycles. The molecule has 0 aliphatic rings. The molecule has 0 saturated carbocycles. The lowest BCUT2D eigenvalue weighted by molar-refractivity contribution is 0.703. The highest BCUT2D eigenvalue weighted by molar-refractivity contribution is 9.10. The summed E-state index contributed by atoms with van der Waals surface area (Å²) in [6, 6.07) is 13.4. The van der Waals surface area contributed by atoms with E-state index in [0.717, 1.165) is 33.7 Å². The summed E-state index contributed by atoms with van der Waals surface area (Å²) in [6.45, 7) is 6.11. The van der Waals surface area contributed by atoms with E-state index in [-0.39, 0.29) is 5.56 Å². The Labute approximate surface area is 183 Å². The van der Waals surface area contributed by atoms with Gasteiger partial charge < -0.3 is 4.57 Å². The van der Waals surface area contributed by atoms with Crippen LogP contribution in [0.25, 0.3) is 16.7 Å². The van der Waals surface area contributed by atoms with Gasteiger partial charge in [0.15, 0.2) is 0 Å². The maximum atomic E-state index is 13.1. The van der Waals surface area contributed by atoms with Gasteiger partial charge in [0.05, 0.1) is 17.1 Å². The van der Waals surface area contributed by atoms with Gasteiger partial charge in [-0.15, -0.1) is 0 Å². The first-order valence-electron chi connectivity index (χ1n) is 9.85. The van der Waals surface area contributed by atoms with Gasteiger partial charge in [0, 0.05) is 34.0 Å². The molecular weight excluding hydrogens is 442 g/mol. The monoisotopic (exact) mass is 463 g/mol. The number of pyridine rings is 1. The van der Waals surface area contributed by atoms with E-state index in [9.17, 15) is 4.79 Å². The maximum absolute atomic E-state index is 13.1. The first-order chi connectivity index (χ1) is 14.5. The Bertz CT molecular complexity index is 1300. The minimum atomic E-state index is -0.167. The average molecular weight is 464 g/mol. The Kier molecular flexibility index (Phi) is 5.63. The minimum absolute atomic E-state index is 0.167. The van der Waals surface area contributed by atoms with Gasteiger partial charge in [-0.05, 0) is 56.7 Å². The van der Waals surface area contributed by atoms with Crippen molar-refractivity contribution >= 4 is 33.0 Å². The van der Waals surface area contributed by atoms with Gasteiger partial charge in [0.1, 0.15) is 11.6 Å². The van der Waals surface area contributed by atoms with E-state index in [0.29, 0.717) is 23.1 Å². The van der Waals surface area contributed by atoms with Crippen LogP contribution in [0.3, 0.4) is 0 Å². The van der Waals surface area contributed by atoms with Crippen LogP contribution < -0.4 is 5.56 Å². The fourth-order valence-corrected chi connectivity index (χ4v) is 3.94. The molecule has 3 aromatic heterocycles. The lowest BCUT2D eigenvalue weighted by atomic mass is 10.2. The van der Waals surface area contributed by atoms with Gasteiger partial charge in [-0.25, -0.2) is 9.97 Å². The van der Waals surface area contributed by atoms with E-state index < -0.39 is 0 Å². The van der Waals surface area contributed by atoms with Crippen LogP contribution in [0.15, 0.2) is 63.0 Å². The van der Waals surface area contributed by atoms with Crippen LogP contribution >= 0.6 is 15.9 Å². The number of nitrogens with zero attached hydrogens (tertiary/aromatic N) is 5. The molecule has 6 nitrogen and oxygen atoms in total. The molecule has 1 aromatic carbocycles. The van der Waals surface area contributed by atoms with E-state index >= 15 is 0 Å². The molecule has 0 N–H and O–H groups in total. The fraction of sp³-hybridized carbons (Fsp3) is 0.217. The summed E-state index contributed by atoms with van der Waals surface area (Å²) in [5.74, 6) is 1.51. The third kappa shape index (κ3) is 3.73. The van der Waals surface area contributed by atoms with Crippen molar-refractivity contribution in [3.8, 4) is 5.82 Å². The van der Waals surface area contributed by atoms with Gasteiger partial charge in [0.2, 0.25) is 0 Å². The summed E-state index contributed by atoms with van der Waals surface area (Å²) >= 11 is 3.44. The zero-order valence-corrected chi connectivity index (χ0v) is 18.7. The quantitative estimate of drug-likeness (QED) is 0.399. The van der Waals surface area contributed by atoms with Crippen molar-refractivity contribution in [2.24, 2.45) is 5.10 Å². The van der Waals surface area contributed by atoms with Crippen LogP contribution in [0.2, 0.25) is 0 Å². The van der Waals surface area contributed by atoms with Gasteiger partial charge in [-0.2, -0.15) is 9.78 Å². The van der Waals surface area contributed by atoms with E-state index in [1.54, 1.807) is 18.5 Å². The van der Waals surface area contributed by atoms with E-state index in [1.807, 2.05) is 50.2 Å². The van der Waals surface area contributed by atoms with Crippen molar-refractivity contribution in [2.45, 2.75) is 33.6 Å². The molecule has 3 heterocycles. The van der Waals surface area contributed by atoms with Crippen LogP contribution in [0.1, 0.15) is 36.1 Å². The van der Waals surface area contributed by atoms with Crippen LogP contribution in [0.5, 0.6) is 0 Å². The molecule has 0 aliphatic carbocycles. The largest absolute Gasteiger partial charge is 0.303 e. The summed E-state index contributed by atoms with van der Waals surface area (Å²) < 4.78 is 4.34. The standard InChI is InChI=1S/C23H22BrN5O/c1-4-7-22-27-20-10-9-18(24)13-19(20)23(30)29(22)26-14-17-12-15(2)28(16(17)3)21-8-5-6-11-25-21/h5-6,8-14H,4,7H2,1-3H3. The Morgan fingerprint density at radius 3 is 2.73 bits per heavy atom. The SMILES string of the molecule is CCCc1nc2ccc(Br)cc2c(=O)n1N=Cc1cc(C)n(-c2ccccn2)c1C. The highest BCUT2D eigenvalue weighted by Gasteiger charge is 2.12. The molecule has 7 heteroatoms. The van der Waals surface area contributed by atoms with Gasteiger partial charge in [-0.1, -0.05) is 28.9 Å². The second-order valence-electron chi connectivity index (χ2n) is 7.15. The normalized spacial score (nSPS) is 11.6. The molecule has 0 atom stereocenters. The van der Waals surface area contributed by atoms with Crippen molar-refractivity contribution in [3.05, 3.63) is 86.3 Å². The number of rotatable bonds is 5. The smallest absolute Gasteiger partial charge is 0.282 e.